The summed E-state index contributed by atoms with van der Waals surface area (Å²) in [6.07, 6.45) is 2.91. The monoisotopic (exact) mass is 426 g/mol. The molecule has 0 fully saturated rings. The number of hydrogen-bond acceptors (Lipinski definition) is 3. The van der Waals surface area contributed by atoms with Gasteiger partial charge in [-0.1, -0.05) is 44.0 Å². The van der Waals surface area contributed by atoms with Crippen LogP contribution in [0.4, 0.5) is 5.69 Å². The van der Waals surface area contributed by atoms with Crippen molar-refractivity contribution >= 4 is 49.1 Å². The maximum absolute atomic E-state index is 11.8. The van der Waals surface area contributed by atoms with E-state index in [2.05, 4.69) is 54.2 Å². The van der Waals surface area contributed by atoms with Crippen LogP contribution >= 0.6 is 31.9 Å². The highest BCUT2D eigenvalue weighted by Gasteiger charge is 2.51. The average molecular weight is 428 g/mol. The Morgan fingerprint density at radius 3 is 3.00 bits per heavy atom. The molecule has 1 aliphatic carbocycles. The summed E-state index contributed by atoms with van der Waals surface area (Å²) in [4.78, 5) is 13.6. The van der Waals surface area contributed by atoms with Gasteiger partial charge in [-0.25, -0.2) is 0 Å². The number of hydrogen-bond donors (Lipinski definition) is 2. The van der Waals surface area contributed by atoms with Crippen molar-refractivity contribution in [3.05, 3.63) is 35.4 Å². The molecule has 4 rings (SSSR count). The lowest BCUT2D eigenvalue weighted by molar-refractivity contribution is -0.139. The topological polar surface area (TPSA) is 52.6 Å². The van der Waals surface area contributed by atoms with Gasteiger partial charge >= 0.3 is 5.97 Å². The Morgan fingerprint density at radius 1 is 1.50 bits per heavy atom. The normalized spacial score (nSPS) is 36.1. The van der Waals surface area contributed by atoms with Crippen molar-refractivity contribution in [3.8, 4) is 0 Å². The van der Waals surface area contributed by atoms with Crippen molar-refractivity contribution in [2.75, 3.05) is 18.9 Å². The van der Waals surface area contributed by atoms with Crippen LogP contribution in [0.1, 0.15) is 23.5 Å². The molecule has 2 aliphatic heterocycles. The average Bonchev–Trinajstić information content (AvgIpc) is 2.91. The molecule has 1 aromatic carbocycles. The quantitative estimate of drug-likeness (QED) is 0.533. The van der Waals surface area contributed by atoms with Gasteiger partial charge in [0.25, 0.3) is 0 Å². The number of benzene rings is 1. The smallest absolute Gasteiger partial charge is 0.326 e. The first-order valence-corrected chi connectivity index (χ1v) is 9.02. The van der Waals surface area contributed by atoms with Crippen molar-refractivity contribution in [1.29, 1.82) is 0 Å². The molecule has 22 heavy (non-hydrogen) atoms. The fraction of sp³-hybridized carbons (Fsp3) is 0.438. The van der Waals surface area contributed by atoms with Crippen molar-refractivity contribution in [3.63, 3.8) is 0 Å². The number of fused-ring (bicyclic) bond motifs is 2. The summed E-state index contributed by atoms with van der Waals surface area (Å²) in [5, 5.41) is 13.2. The Balaban J connectivity index is 1.94. The van der Waals surface area contributed by atoms with E-state index in [1.807, 2.05) is 19.2 Å². The minimum Gasteiger partial charge on any atom is -0.480 e. The summed E-state index contributed by atoms with van der Waals surface area (Å²) in [5.74, 6) is -0.372. The molecule has 4 nitrogen and oxygen atoms in total. The number of anilines is 1. The largest absolute Gasteiger partial charge is 0.480 e. The molecule has 0 aromatic heterocycles. The molecule has 2 heterocycles. The predicted octanol–water partition coefficient (Wildman–Crippen LogP) is 3.24. The maximum atomic E-state index is 11.8. The molecule has 2 unspecified atom stereocenters. The van der Waals surface area contributed by atoms with Gasteiger partial charge in [-0.3, -0.25) is 9.69 Å². The van der Waals surface area contributed by atoms with Crippen LogP contribution in [0, 0.1) is 0 Å². The summed E-state index contributed by atoms with van der Waals surface area (Å²) in [6.45, 7) is 0.968. The zero-order valence-electron chi connectivity index (χ0n) is 12.0. The van der Waals surface area contributed by atoms with E-state index in [9.17, 15) is 9.90 Å². The fourth-order valence-electron chi connectivity index (χ4n) is 4.00. The van der Waals surface area contributed by atoms with Crippen LogP contribution in [0.15, 0.2) is 24.3 Å². The van der Waals surface area contributed by atoms with Gasteiger partial charge in [0.15, 0.2) is 4.32 Å². The molecule has 0 saturated carbocycles. The summed E-state index contributed by atoms with van der Waals surface area (Å²) < 4.78 is -1.12. The lowest BCUT2D eigenvalue weighted by Gasteiger charge is -2.47. The minimum absolute atomic E-state index is 0.238. The lowest BCUT2D eigenvalue weighted by Crippen LogP contribution is -2.56. The van der Waals surface area contributed by atoms with Crippen molar-refractivity contribution < 1.29 is 9.90 Å². The molecule has 4 atom stereocenters. The van der Waals surface area contributed by atoms with Crippen LogP contribution < -0.4 is 5.32 Å². The van der Waals surface area contributed by atoms with Crippen molar-refractivity contribution in [1.82, 2.24) is 4.90 Å². The molecule has 6 heteroatoms. The maximum Gasteiger partial charge on any atom is 0.326 e. The van der Waals surface area contributed by atoms with Crippen LogP contribution in [0.3, 0.4) is 0 Å². The Bertz CT molecular complexity index is 705. The van der Waals surface area contributed by atoms with E-state index in [0.29, 0.717) is 5.92 Å². The number of carboxylic acids is 1. The Hall–Kier alpha value is -0.850. The van der Waals surface area contributed by atoms with Crippen molar-refractivity contribution in [2.24, 2.45) is 0 Å². The molecule has 1 aromatic rings. The lowest BCUT2D eigenvalue weighted by atomic mass is 9.74. The minimum atomic E-state index is -1.12. The SMILES string of the molecule is CN1C(Br)[C@](Br)(C(=O)O)C=C2c3cccc4c3C(CN4)C[C@H]21. The molecule has 2 N–H and O–H groups in total. The summed E-state index contributed by atoms with van der Waals surface area (Å²) in [6, 6.07) is 6.51. The number of rotatable bonds is 1. The van der Waals surface area contributed by atoms with Gasteiger partial charge in [-0.2, -0.15) is 0 Å². The van der Waals surface area contributed by atoms with Gasteiger partial charge in [-0.15, -0.1) is 0 Å². The third-order valence-electron chi connectivity index (χ3n) is 5.12. The first-order valence-electron chi connectivity index (χ1n) is 7.31. The number of carbonyl (C=O) groups is 1. The van der Waals surface area contributed by atoms with Crippen LogP contribution in [0.2, 0.25) is 0 Å². The van der Waals surface area contributed by atoms with Crippen LogP contribution in [0.5, 0.6) is 0 Å². The molecule has 3 aliphatic rings. The zero-order valence-corrected chi connectivity index (χ0v) is 15.2. The first kappa shape index (κ1) is 14.7. The van der Waals surface area contributed by atoms with Crippen LogP contribution in [-0.4, -0.2) is 44.9 Å². The van der Waals surface area contributed by atoms with Gasteiger partial charge in [-0.05, 0) is 42.3 Å². The molecular weight excluding hydrogens is 412 g/mol. The second-order valence-corrected chi connectivity index (χ2v) is 8.45. The number of likely N-dealkylation sites (N-methyl/N-ethyl adjacent to an activating group) is 1. The third-order valence-corrected chi connectivity index (χ3v) is 8.10. The number of nitrogens with zero attached hydrogens (tertiary/aromatic N) is 1. The second kappa shape index (κ2) is 4.82. The zero-order chi connectivity index (χ0) is 15.6. The second-order valence-electron chi connectivity index (χ2n) is 6.27. The van der Waals surface area contributed by atoms with E-state index in [0.717, 1.165) is 18.5 Å². The number of carboxylic acid groups (broad SMARTS) is 1. The van der Waals surface area contributed by atoms with Gasteiger partial charge in [0.05, 0.1) is 4.95 Å². The number of halogens is 2. The Morgan fingerprint density at radius 2 is 2.27 bits per heavy atom. The van der Waals surface area contributed by atoms with Gasteiger partial charge in [0.1, 0.15) is 0 Å². The highest BCUT2D eigenvalue weighted by Crippen LogP contribution is 2.51. The predicted molar refractivity (Wildman–Crippen MR) is 93.8 cm³/mol. The van der Waals surface area contributed by atoms with E-state index < -0.39 is 10.3 Å². The van der Waals surface area contributed by atoms with E-state index in [4.69, 9.17) is 0 Å². The number of alkyl halides is 2. The fourth-order valence-corrected chi connectivity index (χ4v) is 5.18. The van der Waals surface area contributed by atoms with E-state index in [1.54, 1.807) is 0 Å². The van der Waals surface area contributed by atoms with Crippen LogP contribution in [-0.2, 0) is 4.79 Å². The molecule has 0 radical (unpaired) electrons. The first-order chi connectivity index (χ1) is 10.4. The van der Waals surface area contributed by atoms with Gasteiger partial charge in [0, 0.05) is 24.2 Å². The summed E-state index contributed by atoms with van der Waals surface area (Å²) in [5.41, 5.74) is 4.86. The third kappa shape index (κ3) is 1.80. The number of aliphatic carboxylic acids is 1. The highest BCUT2D eigenvalue weighted by molar-refractivity contribution is 9.13. The molecular formula is C16H16Br2N2O2. The van der Waals surface area contributed by atoms with Crippen LogP contribution in [0.25, 0.3) is 5.57 Å². The van der Waals surface area contributed by atoms with E-state index in [-0.39, 0.29) is 11.0 Å². The molecule has 116 valence electrons. The molecule has 0 spiro atoms. The standard InChI is InChI=1S/C16H16Br2N2O2/c1-20-12-5-8-7-19-11-4-2-3-9(13(8)11)10(12)6-16(18,14(20)17)15(21)22/h2-4,6,8,12,14,19H,5,7H2,1H3,(H,21,22)/t8?,12-,14?,16+/m1/s1. The van der Waals surface area contributed by atoms with E-state index >= 15 is 0 Å². The molecule has 0 saturated heterocycles. The Kier molecular flexibility index (Phi) is 3.23. The molecule has 0 bridgehead atoms. The Labute approximate surface area is 145 Å². The van der Waals surface area contributed by atoms with Gasteiger partial charge in [0.2, 0.25) is 0 Å². The molecule has 0 amide bonds. The highest BCUT2D eigenvalue weighted by atomic mass is 79.9. The van der Waals surface area contributed by atoms with Crippen molar-refractivity contribution in [2.45, 2.75) is 27.7 Å². The summed E-state index contributed by atoms with van der Waals surface area (Å²) in [7, 11) is 1.99. The van der Waals surface area contributed by atoms with E-state index in [1.165, 1.54) is 16.8 Å². The summed E-state index contributed by atoms with van der Waals surface area (Å²) >= 11 is 7.02. The van der Waals surface area contributed by atoms with Gasteiger partial charge < -0.3 is 10.4 Å². The number of nitrogens with one attached hydrogen (secondary N) is 1.